The molecule has 1 radical (unpaired) electrons. The molecule has 0 fully saturated rings. The maximum absolute atomic E-state index is 9.18. The maximum atomic E-state index is 9.18. The first-order valence-electron chi connectivity index (χ1n) is 2.63. The van der Waals surface area contributed by atoms with E-state index in [1.165, 1.54) is 22.4 Å². The number of hydrogen-bond donors (Lipinski definition) is 0. The normalized spacial score (nSPS) is 6.62. The maximum Gasteiger partial charge on any atom is 0.100 e. The molecule has 0 aromatic rings. The second kappa shape index (κ2) is 15.9. The van der Waals surface area contributed by atoms with E-state index in [1.807, 2.05) is 6.08 Å². The molecule has 0 rings (SSSR count). The predicted molar refractivity (Wildman–Crippen MR) is 40.7 cm³/mol. The second-order valence-corrected chi connectivity index (χ2v) is 1.97. The highest BCUT2D eigenvalue weighted by atomic mass is 28.1. The van der Waals surface area contributed by atoms with Gasteiger partial charge in [-0.1, -0.05) is 12.2 Å². The molecule has 0 saturated heterocycles. The molecule has 0 bridgehead atoms. The quantitative estimate of drug-likeness (QED) is 0.383. The molecule has 2 heteroatoms. The summed E-state index contributed by atoms with van der Waals surface area (Å²) in [4.78, 5) is 0. The molecule has 0 aliphatic heterocycles. The monoisotopic (exact) mass is 129 g/mol. The molecule has 0 amide bonds. The fraction of sp³-hybridized carbons (Fsp3) is 0.333. The highest BCUT2D eigenvalue weighted by Gasteiger charge is 1.49. The van der Waals surface area contributed by atoms with Crippen LogP contribution in [0.1, 0.15) is 0 Å². The summed E-state index contributed by atoms with van der Waals surface area (Å²) in [6, 6.07) is 1.22. The summed E-state index contributed by atoms with van der Waals surface area (Å²) in [5.74, 6) is 0. The van der Waals surface area contributed by atoms with Gasteiger partial charge >= 0.3 is 0 Å². The lowest BCUT2D eigenvalue weighted by molar-refractivity contribution is 0.232. The molecule has 0 aromatic heterocycles. The summed E-state index contributed by atoms with van der Waals surface area (Å²) in [5.41, 5.74) is 0. The van der Waals surface area contributed by atoms with Crippen LogP contribution in [0.15, 0.2) is 25.3 Å². The summed E-state index contributed by atoms with van der Waals surface area (Å²) in [5, 5.41) is 9.18. The predicted octanol–water partition coefficient (Wildman–Crippen LogP) is 0.559. The van der Waals surface area contributed by atoms with Crippen molar-refractivity contribution in [1.82, 2.24) is 0 Å². The third-order valence-electron chi connectivity index (χ3n) is 0.407. The highest BCUT2D eigenvalue weighted by Crippen LogP contribution is 1.61. The SMILES string of the molecule is C=CC[O].C=CC[SiH3]. The zero-order valence-corrected chi connectivity index (χ0v) is 7.39. The number of hydrogen-bond acceptors (Lipinski definition) is 0. The third kappa shape index (κ3) is 44.7. The van der Waals surface area contributed by atoms with Crippen LogP contribution in [0.2, 0.25) is 6.04 Å². The second-order valence-electron chi connectivity index (χ2n) is 1.15. The Kier molecular flexibility index (Phi) is 21.1. The van der Waals surface area contributed by atoms with Gasteiger partial charge in [0.2, 0.25) is 0 Å². The van der Waals surface area contributed by atoms with Crippen molar-refractivity contribution in [2.45, 2.75) is 6.04 Å². The molecule has 0 heterocycles. The lowest BCUT2D eigenvalue weighted by Crippen LogP contribution is -1.58. The molecule has 0 aliphatic rings. The summed E-state index contributed by atoms with van der Waals surface area (Å²) >= 11 is 0. The molecule has 0 N–H and O–H groups in total. The molecule has 0 aliphatic carbocycles. The molecule has 0 aromatic carbocycles. The van der Waals surface area contributed by atoms with Gasteiger partial charge in [-0.3, -0.25) is 0 Å². The van der Waals surface area contributed by atoms with E-state index >= 15 is 0 Å². The molecule has 0 saturated carbocycles. The van der Waals surface area contributed by atoms with Gasteiger partial charge in [0.25, 0.3) is 0 Å². The highest BCUT2D eigenvalue weighted by molar-refractivity contribution is 6.09. The van der Waals surface area contributed by atoms with Crippen LogP contribution >= 0.6 is 0 Å². The Morgan fingerprint density at radius 1 is 1.38 bits per heavy atom. The van der Waals surface area contributed by atoms with Crippen molar-refractivity contribution in [2.75, 3.05) is 6.61 Å². The summed E-state index contributed by atoms with van der Waals surface area (Å²) < 4.78 is 0. The fourth-order valence-corrected chi connectivity index (χ4v) is 0. The van der Waals surface area contributed by atoms with Crippen molar-refractivity contribution in [1.29, 1.82) is 0 Å². The summed E-state index contributed by atoms with van der Waals surface area (Å²) in [6.07, 6.45) is 3.26. The minimum Gasteiger partial charge on any atom is -0.232 e. The zero-order chi connectivity index (χ0) is 6.83. The van der Waals surface area contributed by atoms with Crippen LogP contribution in [0.5, 0.6) is 0 Å². The van der Waals surface area contributed by atoms with Gasteiger partial charge in [-0.2, -0.15) is 0 Å². The molecular weight excluding hydrogens is 116 g/mol. The largest absolute Gasteiger partial charge is 0.232 e. The van der Waals surface area contributed by atoms with E-state index < -0.39 is 0 Å². The summed E-state index contributed by atoms with van der Waals surface area (Å²) in [7, 11) is 1.27. The topological polar surface area (TPSA) is 19.9 Å². The molecule has 1 nitrogen and oxygen atoms in total. The smallest absolute Gasteiger partial charge is 0.100 e. The van der Waals surface area contributed by atoms with E-state index in [0.29, 0.717) is 0 Å². The van der Waals surface area contributed by atoms with Gasteiger partial charge in [-0.05, 0) is 6.04 Å². The lowest BCUT2D eigenvalue weighted by Gasteiger charge is -1.57. The van der Waals surface area contributed by atoms with Crippen molar-refractivity contribution < 1.29 is 5.11 Å². The van der Waals surface area contributed by atoms with Crippen molar-refractivity contribution in [3.8, 4) is 0 Å². The standard InChI is InChI=1S/C3H5O.C3H8Si/c2*1-2-3-4/h2H,1,3H2;2H,1,3H2,4H3. The van der Waals surface area contributed by atoms with E-state index in [-0.39, 0.29) is 6.61 Å². The zero-order valence-electron chi connectivity index (χ0n) is 5.39. The van der Waals surface area contributed by atoms with Crippen LogP contribution in [0.4, 0.5) is 0 Å². The van der Waals surface area contributed by atoms with Crippen molar-refractivity contribution >= 4 is 10.2 Å². The van der Waals surface area contributed by atoms with Gasteiger partial charge in [-0.15, -0.1) is 13.2 Å². The summed E-state index contributed by atoms with van der Waals surface area (Å²) in [6.45, 7) is 6.51. The first-order valence-corrected chi connectivity index (χ1v) is 4.04. The van der Waals surface area contributed by atoms with Gasteiger partial charge in [0.15, 0.2) is 0 Å². The van der Waals surface area contributed by atoms with Crippen LogP contribution in [0, 0.1) is 0 Å². The average molecular weight is 129 g/mol. The Bertz CT molecular complexity index is 44.5. The van der Waals surface area contributed by atoms with E-state index in [4.69, 9.17) is 0 Å². The molecule has 0 atom stereocenters. The van der Waals surface area contributed by atoms with Crippen LogP contribution in [0.3, 0.4) is 0 Å². The average Bonchev–Trinajstić information content (AvgIpc) is 1.88. The van der Waals surface area contributed by atoms with Crippen molar-refractivity contribution in [3.05, 3.63) is 25.3 Å². The first-order chi connectivity index (χ1) is 3.83. The first kappa shape index (κ1) is 10.6. The van der Waals surface area contributed by atoms with Crippen LogP contribution < -0.4 is 0 Å². The minimum atomic E-state index is -0.167. The van der Waals surface area contributed by atoms with Crippen LogP contribution in [-0.4, -0.2) is 16.8 Å². The van der Waals surface area contributed by atoms with Gasteiger partial charge in [-0.25, -0.2) is 5.11 Å². The fourth-order valence-electron chi connectivity index (χ4n) is 0. The Hall–Kier alpha value is -0.343. The lowest BCUT2D eigenvalue weighted by atomic mass is 10.7. The Morgan fingerprint density at radius 2 is 1.62 bits per heavy atom. The van der Waals surface area contributed by atoms with Gasteiger partial charge in [0.1, 0.15) is 6.61 Å². The molecule has 8 heavy (non-hydrogen) atoms. The molecule has 0 unspecified atom stereocenters. The van der Waals surface area contributed by atoms with Gasteiger partial charge < -0.3 is 0 Å². The van der Waals surface area contributed by atoms with Crippen molar-refractivity contribution in [3.63, 3.8) is 0 Å². The van der Waals surface area contributed by atoms with E-state index in [1.54, 1.807) is 0 Å². The Labute approximate surface area is 54.2 Å². The molecular formula is C6H13OSi. The molecule has 47 valence electrons. The Balaban J connectivity index is 0. The van der Waals surface area contributed by atoms with Crippen molar-refractivity contribution in [2.24, 2.45) is 0 Å². The minimum absolute atomic E-state index is 0.167. The van der Waals surface area contributed by atoms with Crippen LogP contribution in [0.25, 0.3) is 0 Å². The third-order valence-corrected chi connectivity index (χ3v) is 0.984. The van der Waals surface area contributed by atoms with Gasteiger partial charge in [0, 0.05) is 10.2 Å². The van der Waals surface area contributed by atoms with E-state index in [2.05, 4.69) is 13.2 Å². The van der Waals surface area contributed by atoms with E-state index in [0.717, 1.165) is 0 Å². The van der Waals surface area contributed by atoms with E-state index in [9.17, 15) is 5.11 Å². The molecule has 0 spiro atoms. The van der Waals surface area contributed by atoms with Gasteiger partial charge in [0.05, 0.1) is 0 Å². The van der Waals surface area contributed by atoms with Crippen LogP contribution in [-0.2, 0) is 5.11 Å². The Morgan fingerprint density at radius 3 is 1.62 bits per heavy atom. The number of allylic oxidation sites excluding steroid dienone is 1. The number of rotatable bonds is 2.